The van der Waals surface area contributed by atoms with Crippen molar-refractivity contribution in [2.45, 2.75) is 17.0 Å². The molecule has 138 valence electrons. The fourth-order valence-corrected chi connectivity index (χ4v) is 2.44. The minimum atomic E-state index is -4.39. The van der Waals surface area contributed by atoms with Crippen molar-refractivity contribution in [1.29, 1.82) is 0 Å². The quantitative estimate of drug-likeness (QED) is 0.583. The number of hydrogen-bond acceptors (Lipinski definition) is 5. The average Bonchev–Trinajstić information content (AvgIpc) is 2.57. The molecule has 0 saturated carbocycles. The molecule has 0 aliphatic rings. The van der Waals surface area contributed by atoms with Gasteiger partial charge in [-0.1, -0.05) is 12.1 Å². The van der Waals surface area contributed by atoms with Crippen molar-refractivity contribution >= 4 is 23.6 Å². The fraction of sp³-hybridized carbons (Fsp3) is 0.176. The first-order chi connectivity index (χ1) is 12.2. The van der Waals surface area contributed by atoms with Gasteiger partial charge in [-0.3, -0.25) is 4.79 Å². The van der Waals surface area contributed by atoms with Gasteiger partial charge in [0, 0.05) is 4.90 Å². The lowest BCUT2D eigenvalue weighted by atomic mass is 10.2. The average molecular weight is 385 g/mol. The Kier molecular flexibility index (Phi) is 6.51. The third kappa shape index (κ3) is 6.67. The monoisotopic (exact) mass is 385 g/mol. The molecule has 2 rings (SSSR count). The Balaban J connectivity index is 1.92. The Bertz CT molecular complexity index is 778. The lowest BCUT2D eigenvalue weighted by Crippen LogP contribution is -2.20. The van der Waals surface area contributed by atoms with Gasteiger partial charge in [0.15, 0.2) is 6.61 Å². The van der Waals surface area contributed by atoms with Gasteiger partial charge in [-0.25, -0.2) is 4.79 Å². The molecule has 0 saturated heterocycles. The predicted molar refractivity (Wildman–Crippen MR) is 88.6 cm³/mol. The Morgan fingerprint density at radius 3 is 2.38 bits per heavy atom. The zero-order valence-corrected chi connectivity index (χ0v) is 14.1. The van der Waals surface area contributed by atoms with Crippen molar-refractivity contribution in [2.24, 2.45) is 5.73 Å². The van der Waals surface area contributed by atoms with E-state index in [0.717, 1.165) is 0 Å². The number of alkyl halides is 3. The van der Waals surface area contributed by atoms with Gasteiger partial charge in [-0.05, 0) is 53.7 Å². The molecule has 0 aliphatic heterocycles. The highest BCUT2D eigenvalue weighted by Gasteiger charge is 2.29. The van der Waals surface area contributed by atoms with Gasteiger partial charge in [-0.2, -0.15) is 13.2 Å². The smallest absolute Gasteiger partial charge is 0.446 e. The largest absolute Gasteiger partial charge is 0.484 e. The van der Waals surface area contributed by atoms with Crippen LogP contribution in [0.1, 0.15) is 15.9 Å². The van der Waals surface area contributed by atoms with Crippen LogP contribution in [-0.4, -0.2) is 24.0 Å². The fourth-order valence-electron chi connectivity index (χ4n) is 1.90. The van der Waals surface area contributed by atoms with E-state index < -0.39 is 17.4 Å². The Labute approximate surface area is 151 Å². The highest BCUT2D eigenvalue weighted by atomic mass is 32.2. The number of thioether (sulfide) groups is 1. The highest BCUT2D eigenvalue weighted by molar-refractivity contribution is 8.00. The third-order valence-corrected chi connectivity index (χ3v) is 3.71. The van der Waals surface area contributed by atoms with Crippen LogP contribution in [0, 0.1) is 0 Å². The summed E-state index contributed by atoms with van der Waals surface area (Å²) in [5, 5.41) is 0. The normalized spacial score (nSPS) is 11.0. The summed E-state index contributed by atoms with van der Waals surface area (Å²) in [5.41, 5.74) is 1.36. The molecule has 1 amide bonds. The number of carbonyl (C=O) groups is 2. The number of nitrogens with two attached hydrogens (primary N) is 1. The maximum Gasteiger partial charge on any atom is 0.446 e. The summed E-state index contributed by atoms with van der Waals surface area (Å²) in [6, 6.07) is 11.5. The van der Waals surface area contributed by atoms with Crippen LogP contribution in [0.25, 0.3) is 0 Å². The molecule has 26 heavy (non-hydrogen) atoms. The summed E-state index contributed by atoms with van der Waals surface area (Å²) in [5.74, 6) is -0.892. The molecule has 2 aromatic carbocycles. The number of amides is 1. The minimum Gasteiger partial charge on any atom is -0.484 e. The topological polar surface area (TPSA) is 78.6 Å². The second kappa shape index (κ2) is 8.61. The lowest BCUT2D eigenvalue weighted by molar-refractivity contribution is -0.119. The summed E-state index contributed by atoms with van der Waals surface area (Å²) < 4.78 is 47.1. The molecule has 2 N–H and O–H groups in total. The second-order valence-electron chi connectivity index (χ2n) is 5.05. The van der Waals surface area contributed by atoms with E-state index in [9.17, 15) is 22.8 Å². The van der Waals surface area contributed by atoms with Crippen molar-refractivity contribution in [3.8, 4) is 5.75 Å². The Hall–Kier alpha value is -2.68. The van der Waals surface area contributed by atoms with E-state index in [1.54, 1.807) is 24.3 Å². The van der Waals surface area contributed by atoms with Crippen molar-refractivity contribution in [3.05, 3.63) is 59.7 Å². The lowest BCUT2D eigenvalue weighted by Gasteiger charge is -2.09. The summed E-state index contributed by atoms with van der Waals surface area (Å²) >= 11 is -0.259. The minimum absolute atomic E-state index is 0.0200. The zero-order chi connectivity index (χ0) is 19.2. The van der Waals surface area contributed by atoms with Crippen LogP contribution in [0.3, 0.4) is 0 Å². The Morgan fingerprint density at radius 1 is 1.08 bits per heavy atom. The SMILES string of the molecule is NC(=O)COc1cccc(COC(=O)c2ccc(SC(F)(F)F)cc2)c1. The number of halogens is 3. The summed E-state index contributed by atoms with van der Waals surface area (Å²) in [4.78, 5) is 22.6. The van der Waals surface area contributed by atoms with Gasteiger partial charge in [-0.15, -0.1) is 0 Å². The predicted octanol–water partition coefficient (Wildman–Crippen LogP) is 3.52. The molecule has 0 aromatic heterocycles. The van der Waals surface area contributed by atoms with E-state index in [4.69, 9.17) is 15.2 Å². The molecule has 0 aliphatic carbocycles. The van der Waals surface area contributed by atoms with Gasteiger partial charge in [0.25, 0.3) is 5.91 Å². The molecular formula is C17H14F3NO4S. The van der Waals surface area contributed by atoms with Crippen molar-refractivity contribution in [2.75, 3.05) is 6.61 Å². The van der Waals surface area contributed by atoms with Crippen LogP contribution in [-0.2, 0) is 16.1 Å². The number of benzene rings is 2. The first-order valence-corrected chi connectivity index (χ1v) is 8.07. The maximum atomic E-state index is 12.3. The van der Waals surface area contributed by atoms with Crippen molar-refractivity contribution < 1.29 is 32.2 Å². The first kappa shape index (κ1) is 19.6. The molecular weight excluding hydrogens is 371 g/mol. The first-order valence-electron chi connectivity index (χ1n) is 7.26. The second-order valence-corrected chi connectivity index (χ2v) is 6.19. The van der Waals surface area contributed by atoms with Gasteiger partial charge in [0.1, 0.15) is 12.4 Å². The molecule has 0 bridgehead atoms. The molecule has 0 radical (unpaired) electrons. The standard InChI is InChI=1S/C17H14F3NO4S/c18-17(19,20)26-14-6-4-12(5-7-14)16(23)25-9-11-2-1-3-13(8-11)24-10-15(21)22/h1-8H,9-10H2,(H2,21,22). The van der Waals surface area contributed by atoms with Gasteiger partial charge >= 0.3 is 11.5 Å². The van der Waals surface area contributed by atoms with Crippen LogP contribution < -0.4 is 10.5 Å². The van der Waals surface area contributed by atoms with E-state index in [0.29, 0.717) is 11.3 Å². The summed E-state index contributed by atoms with van der Waals surface area (Å²) in [6.07, 6.45) is 0. The van der Waals surface area contributed by atoms with E-state index in [1.165, 1.54) is 24.3 Å². The molecule has 5 nitrogen and oxygen atoms in total. The summed E-state index contributed by atoms with van der Waals surface area (Å²) in [6.45, 7) is -0.336. The number of hydrogen-bond donors (Lipinski definition) is 1. The van der Waals surface area contributed by atoms with Crippen LogP contribution in [0.5, 0.6) is 5.75 Å². The van der Waals surface area contributed by atoms with E-state index in [2.05, 4.69) is 0 Å². The van der Waals surface area contributed by atoms with Crippen LogP contribution in [0.4, 0.5) is 13.2 Å². The van der Waals surface area contributed by atoms with Gasteiger partial charge < -0.3 is 15.2 Å². The molecule has 0 spiro atoms. The van der Waals surface area contributed by atoms with Crippen LogP contribution in [0.2, 0.25) is 0 Å². The molecule has 0 unspecified atom stereocenters. The number of rotatable bonds is 7. The van der Waals surface area contributed by atoms with E-state index in [1.807, 2.05) is 0 Å². The third-order valence-electron chi connectivity index (χ3n) is 2.97. The van der Waals surface area contributed by atoms with E-state index >= 15 is 0 Å². The number of primary amides is 1. The van der Waals surface area contributed by atoms with Crippen molar-refractivity contribution in [3.63, 3.8) is 0 Å². The number of esters is 1. The van der Waals surface area contributed by atoms with Crippen molar-refractivity contribution in [1.82, 2.24) is 0 Å². The summed E-state index contributed by atoms with van der Waals surface area (Å²) in [7, 11) is 0. The molecule has 9 heteroatoms. The number of ether oxygens (including phenoxy) is 2. The van der Waals surface area contributed by atoms with Crippen LogP contribution >= 0.6 is 11.8 Å². The maximum absolute atomic E-state index is 12.3. The number of carbonyl (C=O) groups excluding carboxylic acids is 2. The Morgan fingerprint density at radius 2 is 1.77 bits per heavy atom. The molecule has 2 aromatic rings. The van der Waals surface area contributed by atoms with E-state index in [-0.39, 0.29) is 35.4 Å². The molecule has 0 heterocycles. The highest BCUT2D eigenvalue weighted by Crippen LogP contribution is 2.36. The van der Waals surface area contributed by atoms with Crippen LogP contribution in [0.15, 0.2) is 53.4 Å². The zero-order valence-electron chi connectivity index (χ0n) is 13.3. The van der Waals surface area contributed by atoms with Gasteiger partial charge in [0.2, 0.25) is 0 Å². The molecule has 0 atom stereocenters. The van der Waals surface area contributed by atoms with Gasteiger partial charge in [0.05, 0.1) is 5.56 Å². The molecule has 0 fully saturated rings.